The first-order valence-corrected chi connectivity index (χ1v) is 9.93. The molecule has 2 aromatic rings. The van der Waals surface area contributed by atoms with Gasteiger partial charge in [-0.1, -0.05) is 50.3 Å². The summed E-state index contributed by atoms with van der Waals surface area (Å²) in [5.74, 6) is 0.872. The Hall–Kier alpha value is -1.62. The zero-order chi connectivity index (χ0) is 16.8. The third-order valence-corrected chi connectivity index (χ3v) is 5.65. The number of rotatable bonds is 10. The Morgan fingerprint density at radius 3 is 2.79 bits per heavy atom. The zero-order valence-corrected chi connectivity index (χ0v) is 15.2. The van der Waals surface area contributed by atoms with Crippen LogP contribution in [-0.4, -0.2) is 17.6 Å². The first kappa shape index (κ1) is 17.2. The number of thiophene rings is 1. The lowest BCUT2D eigenvalue weighted by atomic mass is 10.0. The summed E-state index contributed by atoms with van der Waals surface area (Å²) < 4.78 is 5.45. The standard InChI is InChI=1S/C19H26N2O2S/c1-2-3-4-5-6-7-12-20-18(22)19(10-11-19)17-14-15(23-21-17)16-9-8-13-24-16/h8-9,13-14H,2-7,10-12H2,1H3,(H,20,22). The molecule has 0 atom stereocenters. The van der Waals surface area contributed by atoms with Crippen molar-refractivity contribution in [1.29, 1.82) is 0 Å². The van der Waals surface area contributed by atoms with Crippen LogP contribution >= 0.6 is 11.3 Å². The molecule has 0 bridgehead atoms. The van der Waals surface area contributed by atoms with Crippen LogP contribution in [0, 0.1) is 0 Å². The van der Waals surface area contributed by atoms with Crippen LogP contribution in [0.15, 0.2) is 28.1 Å². The number of aromatic nitrogens is 1. The molecule has 0 unspecified atom stereocenters. The molecule has 1 N–H and O–H groups in total. The van der Waals surface area contributed by atoms with Crippen molar-refractivity contribution in [3.63, 3.8) is 0 Å². The second-order valence-electron chi connectivity index (χ2n) is 6.66. The highest BCUT2D eigenvalue weighted by Gasteiger charge is 2.53. The maximum Gasteiger partial charge on any atom is 0.232 e. The van der Waals surface area contributed by atoms with Crippen molar-refractivity contribution >= 4 is 17.2 Å². The molecule has 1 aliphatic rings. The van der Waals surface area contributed by atoms with Gasteiger partial charge in [0.15, 0.2) is 5.76 Å². The summed E-state index contributed by atoms with van der Waals surface area (Å²) >= 11 is 1.62. The maximum absolute atomic E-state index is 12.6. The third kappa shape index (κ3) is 3.89. The fraction of sp³-hybridized carbons (Fsp3) is 0.579. The number of nitrogens with one attached hydrogen (secondary N) is 1. The number of nitrogens with zero attached hydrogens (tertiary/aromatic N) is 1. The molecular weight excluding hydrogens is 320 g/mol. The Morgan fingerprint density at radius 1 is 1.29 bits per heavy atom. The normalized spacial score (nSPS) is 15.4. The Labute approximate surface area is 147 Å². The minimum atomic E-state index is -0.443. The summed E-state index contributed by atoms with van der Waals surface area (Å²) in [5.41, 5.74) is 0.340. The Bertz CT molecular complexity index is 644. The predicted molar refractivity (Wildman–Crippen MR) is 97.1 cm³/mol. The van der Waals surface area contributed by atoms with Crippen LogP contribution in [0.25, 0.3) is 10.6 Å². The molecule has 1 amide bonds. The van der Waals surface area contributed by atoms with Crippen LogP contribution in [-0.2, 0) is 10.2 Å². The van der Waals surface area contributed by atoms with Gasteiger partial charge in [-0.2, -0.15) is 0 Å². The predicted octanol–water partition coefficient (Wildman–Crippen LogP) is 4.91. The maximum atomic E-state index is 12.6. The van der Waals surface area contributed by atoms with Gasteiger partial charge in [0.1, 0.15) is 0 Å². The molecule has 24 heavy (non-hydrogen) atoms. The molecule has 1 aliphatic carbocycles. The fourth-order valence-electron chi connectivity index (χ4n) is 3.04. The third-order valence-electron chi connectivity index (χ3n) is 4.77. The van der Waals surface area contributed by atoms with E-state index < -0.39 is 5.41 Å². The lowest BCUT2D eigenvalue weighted by molar-refractivity contribution is -0.123. The van der Waals surface area contributed by atoms with Crippen LogP contribution in [0.5, 0.6) is 0 Å². The number of hydrogen-bond donors (Lipinski definition) is 1. The number of unbranched alkanes of at least 4 members (excludes halogenated alkanes) is 5. The van der Waals surface area contributed by atoms with Crippen molar-refractivity contribution in [2.75, 3.05) is 6.54 Å². The first-order valence-electron chi connectivity index (χ1n) is 9.05. The molecule has 3 rings (SSSR count). The summed E-state index contributed by atoms with van der Waals surface area (Å²) in [5, 5.41) is 9.29. The lowest BCUT2D eigenvalue weighted by Gasteiger charge is -2.12. The molecule has 0 spiro atoms. The van der Waals surface area contributed by atoms with E-state index in [-0.39, 0.29) is 5.91 Å². The van der Waals surface area contributed by atoms with Crippen molar-refractivity contribution in [3.05, 3.63) is 29.3 Å². The zero-order valence-electron chi connectivity index (χ0n) is 14.3. The monoisotopic (exact) mass is 346 g/mol. The Kier molecular flexibility index (Phi) is 5.72. The van der Waals surface area contributed by atoms with Crippen LogP contribution in [0.3, 0.4) is 0 Å². The number of carbonyl (C=O) groups excluding carboxylic acids is 1. The van der Waals surface area contributed by atoms with Gasteiger partial charge >= 0.3 is 0 Å². The summed E-state index contributed by atoms with van der Waals surface area (Å²) in [6.45, 7) is 2.99. The van der Waals surface area contributed by atoms with Gasteiger partial charge in [0.2, 0.25) is 5.91 Å². The highest BCUT2D eigenvalue weighted by molar-refractivity contribution is 7.13. The van der Waals surface area contributed by atoms with Crippen molar-refractivity contribution in [2.24, 2.45) is 0 Å². The van der Waals surface area contributed by atoms with Crippen molar-refractivity contribution in [1.82, 2.24) is 10.5 Å². The minimum Gasteiger partial charge on any atom is -0.355 e. The van der Waals surface area contributed by atoms with Gasteiger partial charge in [-0.05, 0) is 30.7 Å². The Morgan fingerprint density at radius 2 is 2.08 bits per heavy atom. The second-order valence-corrected chi connectivity index (χ2v) is 7.61. The number of carbonyl (C=O) groups is 1. The molecule has 2 aromatic heterocycles. The highest BCUT2D eigenvalue weighted by atomic mass is 32.1. The van der Waals surface area contributed by atoms with E-state index >= 15 is 0 Å². The van der Waals surface area contributed by atoms with Crippen molar-refractivity contribution in [2.45, 2.75) is 63.7 Å². The summed E-state index contributed by atoms with van der Waals surface area (Å²) in [6, 6.07) is 5.93. The van der Waals surface area contributed by atoms with E-state index in [1.807, 2.05) is 23.6 Å². The van der Waals surface area contributed by atoms with Crippen LogP contribution in [0.2, 0.25) is 0 Å². The van der Waals surface area contributed by atoms with E-state index in [0.717, 1.165) is 42.1 Å². The van der Waals surface area contributed by atoms with Crippen LogP contribution in [0.1, 0.15) is 64.0 Å². The fourth-order valence-corrected chi connectivity index (χ4v) is 3.71. The molecule has 4 nitrogen and oxygen atoms in total. The number of amides is 1. The highest BCUT2D eigenvalue weighted by Crippen LogP contribution is 2.48. The van der Waals surface area contributed by atoms with Gasteiger partial charge in [-0.3, -0.25) is 4.79 Å². The molecule has 130 valence electrons. The molecule has 1 fully saturated rings. The Balaban J connectivity index is 1.48. The summed E-state index contributed by atoms with van der Waals surface area (Å²) in [7, 11) is 0. The van der Waals surface area contributed by atoms with Crippen molar-refractivity contribution in [3.8, 4) is 10.6 Å². The van der Waals surface area contributed by atoms with E-state index in [0.29, 0.717) is 0 Å². The van der Waals surface area contributed by atoms with Gasteiger partial charge in [-0.25, -0.2) is 0 Å². The van der Waals surface area contributed by atoms with E-state index in [1.165, 1.54) is 32.1 Å². The summed E-state index contributed by atoms with van der Waals surface area (Å²) in [4.78, 5) is 13.6. The van der Waals surface area contributed by atoms with E-state index in [9.17, 15) is 4.79 Å². The van der Waals surface area contributed by atoms with E-state index in [2.05, 4.69) is 17.4 Å². The lowest BCUT2D eigenvalue weighted by Crippen LogP contribution is -2.35. The smallest absolute Gasteiger partial charge is 0.232 e. The van der Waals surface area contributed by atoms with Crippen molar-refractivity contribution < 1.29 is 9.32 Å². The SMILES string of the molecule is CCCCCCCCNC(=O)C1(c2cc(-c3cccs3)on2)CC1. The van der Waals surface area contributed by atoms with Gasteiger partial charge in [0.25, 0.3) is 0 Å². The second kappa shape index (κ2) is 7.97. The van der Waals surface area contributed by atoms with Crippen LogP contribution < -0.4 is 5.32 Å². The topological polar surface area (TPSA) is 55.1 Å². The van der Waals surface area contributed by atoms with E-state index in [1.54, 1.807) is 11.3 Å². The molecular formula is C19H26N2O2S. The van der Waals surface area contributed by atoms with Gasteiger partial charge in [-0.15, -0.1) is 11.3 Å². The van der Waals surface area contributed by atoms with Gasteiger partial charge in [0, 0.05) is 12.6 Å². The molecule has 1 saturated carbocycles. The van der Waals surface area contributed by atoms with Crippen LogP contribution in [0.4, 0.5) is 0 Å². The average Bonchev–Trinajstić information content (AvgIpc) is 3.02. The van der Waals surface area contributed by atoms with Gasteiger partial charge in [0.05, 0.1) is 16.0 Å². The molecule has 5 heteroatoms. The number of hydrogen-bond acceptors (Lipinski definition) is 4. The molecule has 0 radical (unpaired) electrons. The van der Waals surface area contributed by atoms with Gasteiger partial charge < -0.3 is 9.84 Å². The van der Waals surface area contributed by atoms with E-state index in [4.69, 9.17) is 4.52 Å². The molecule has 2 heterocycles. The minimum absolute atomic E-state index is 0.113. The average molecular weight is 346 g/mol. The molecule has 0 aliphatic heterocycles. The largest absolute Gasteiger partial charge is 0.355 e. The quantitative estimate of drug-likeness (QED) is 0.622. The summed E-state index contributed by atoms with van der Waals surface area (Å²) in [6.07, 6.45) is 9.14. The molecule has 0 saturated heterocycles. The first-order chi connectivity index (χ1) is 11.8. The molecule has 0 aromatic carbocycles.